The standard InChI is InChI=1S/C23H22N4O3/c28-23(25-14-13-16-15-18(27(29)30)11-12-20(16)25)22-19-9-5-2-6-10-21(19)26(24-22)17-7-3-1-4-8-17/h1,3-4,7-8,11-12,15H,2,5-6,9-10,13-14H2. The topological polar surface area (TPSA) is 81.3 Å². The van der Waals surface area contributed by atoms with Crippen LogP contribution in [0.1, 0.15) is 46.6 Å². The van der Waals surface area contributed by atoms with Gasteiger partial charge in [0.25, 0.3) is 11.6 Å². The number of nitro groups is 1. The van der Waals surface area contributed by atoms with Gasteiger partial charge in [-0.3, -0.25) is 14.9 Å². The van der Waals surface area contributed by atoms with Gasteiger partial charge in [-0.25, -0.2) is 4.68 Å². The summed E-state index contributed by atoms with van der Waals surface area (Å²) in [6, 6.07) is 14.7. The van der Waals surface area contributed by atoms with Crippen molar-refractivity contribution in [3.05, 3.63) is 81.2 Å². The molecule has 7 heteroatoms. The lowest BCUT2D eigenvalue weighted by atomic mass is 10.1. The summed E-state index contributed by atoms with van der Waals surface area (Å²) in [4.78, 5) is 26.0. The minimum Gasteiger partial charge on any atom is -0.306 e. The number of hydrogen-bond donors (Lipinski definition) is 0. The molecule has 7 nitrogen and oxygen atoms in total. The van der Waals surface area contributed by atoms with Gasteiger partial charge in [0.1, 0.15) is 0 Å². The first-order valence-electron chi connectivity index (χ1n) is 10.4. The van der Waals surface area contributed by atoms with Crippen LogP contribution in [0.5, 0.6) is 0 Å². The highest BCUT2D eigenvalue weighted by molar-refractivity contribution is 6.07. The first-order valence-corrected chi connectivity index (χ1v) is 10.4. The number of aromatic nitrogens is 2. The predicted octanol–water partition coefficient (Wildman–Crippen LogP) is 4.25. The average molecular weight is 402 g/mol. The molecule has 1 amide bonds. The second-order valence-electron chi connectivity index (χ2n) is 7.86. The van der Waals surface area contributed by atoms with Gasteiger partial charge in [0, 0.05) is 35.6 Å². The Labute approximate surface area is 174 Å². The van der Waals surface area contributed by atoms with Gasteiger partial charge in [0.05, 0.1) is 10.6 Å². The molecule has 3 aromatic rings. The van der Waals surface area contributed by atoms with E-state index in [2.05, 4.69) is 0 Å². The predicted molar refractivity (Wildman–Crippen MR) is 113 cm³/mol. The van der Waals surface area contributed by atoms with Crippen LogP contribution in [0.2, 0.25) is 0 Å². The molecule has 30 heavy (non-hydrogen) atoms. The molecule has 0 fully saturated rings. The number of nitro benzene ring substituents is 1. The minimum atomic E-state index is -0.397. The second kappa shape index (κ2) is 7.40. The zero-order valence-corrected chi connectivity index (χ0v) is 16.6. The van der Waals surface area contributed by atoms with E-state index in [0.29, 0.717) is 18.7 Å². The zero-order valence-electron chi connectivity index (χ0n) is 16.6. The molecule has 2 aromatic carbocycles. The highest BCUT2D eigenvalue weighted by atomic mass is 16.6. The van der Waals surface area contributed by atoms with Crippen molar-refractivity contribution in [2.75, 3.05) is 11.4 Å². The lowest BCUT2D eigenvalue weighted by Crippen LogP contribution is -2.30. The Balaban J connectivity index is 1.56. The number of nitrogens with zero attached hydrogens (tertiary/aromatic N) is 4. The fraction of sp³-hybridized carbons (Fsp3) is 0.304. The molecule has 152 valence electrons. The van der Waals surface area contributed by atoms with E-state index < -0.39 is 4.92 Å². The monoisotopic (exact) mass is 402 g/mol. The number of carbonyl (C=O) groups is 1. The Morgan fingerprint density at radius 3 is 2.60 bits per heavy atom. The molecule has 0 bridgehead atoms. The summed E-state index contributed by atoms with van der Waals surface area (Å²) in [7, 11) is 0. The first kappa shape index (κ1) is 18.5. The van der Waals surface area contributed by atoms with Gasteiger partial charge in [-0.05, 0) is 55.9 Å². The quantitative estimate of drug-likeness (QED) is 0.373. The molecule has 2 heterocycles. The first-order chi connectivity index (χ1) is 14.6. The third-order valence-corrected chi connectivity index (χ3v) is 6.05. The smallest absolute Gasteiger partial charge is 0.279 e. The second-order valence-corrected chi connectivity index (χ2v) is 7.86. The Bertz CT molecular complexity index is 1140. The van der Waals surface area contributed by atoms with Gasteiger partial charge in [-0.1, -0.05) is 24.6 Å². The number of rotatable bonds is 3. The molecule has 0 saturated heterocycles. The molecule has 0 radical (unpaired) electrons. The molecule has 1 aromatic heterocycles. The summed E-state index contributed by atoms with van der Waals surface area (Å²) in [5, 5.41) is 15.9. The van der Waals surface area contributed by atoms with E-state index in [1.165, 1.54) is 6.07 Å². The van der Waals surface area contributed by atoms with Crippen LogP contribution in [0.3, 0.4) is 0 Å². The highest BCUT2D eigenvalue weighted by Gasteiger charge is 2.32. The number of benzene rings is 2. The number of para-hydroxylation sites is 1. The molecule has 2 aliphatic rings. The number of fused-ring (bicyclic) bond motifs is 2. The van der Waals surface area contributed by atoms with E-state index in [1.807, 2.05) is 35.0 Å². The van der Waals surface area contributed by atoms with Gasteiger partial charge in [0.15, 0.2) is 5.69 Å². The van der Waals surface area contributed by atoms with Crippen molar-refractivity contribution in [3.8, 4) is 5.69 Å². The molecule has 1 aliphatic heterocycles. The molecule has 0 atom stereocenters. The van der Waals surface area contributed by atoms with Crippen LogP contribution in [-0.4, -0.2) is 27.2 Å². The normalized spacial score (nSPS) is 15.4. The number of carbonyl (C=O) groups excluding carboxylic acids is 1. The summed E-state index contributed by atoms with van der Waals surface area (Å²) in [5.74, 6) is -0.115. The van der Waals surface area contributed by atoms with E-state index in [9.17, 15) is 14.9 Å². The maximum atomic E-state index is 13.6. The molecular weight excluding hydrogens is 380 g/mol. The van der Waals surface area contributed by atoms with E-state index in [0.717, 1.165) is 60.3 Å². The number of anilines is 1. The van der Waals surface area contributed by atoms with Crippen molar-refractivity contribution in [3.63, 3.8) is 0 Å². The van der Waals surface area contributed by atoms with E-state index in [-0.39, 0.29) is 11.6 Å². The third-order valence-electron chi connectivity index (χ3n) is 6.05. The van der Waals surface area contributed by atoms with Gasteiger partial charge in [0.2, 0.25) is 0 Å². The molecule has 0 N–H and O–H groups in total. The van der Waals surface area contributed by atoms with Crippen LogP contribution in [0, 0.1) is 10.1 Å². The highest BCUT2D eigenvalue weighted by Crippen LogP contribution is 2.34. The summed E-state index contributed by atoms with van der Waals surface area (Å²) in [6.07, 6.45) is 5.67. The van der Waals surface area contributed by atoms with Gasteiger partial charge < -0.3 is 4.90 Å². The van der Waals surface area contributed by atoms with Crippen molar-refractivity contribution in [1.82, 2.24) is 9.78 Å². The van der Waals surface area contributed by atoms with E-state index >= 15 is 0 Å². The summed E-state index contributed by atoms with van der Waals surface area (Å²) in [5.41, 5.74) is 5.31. The fourth-order valence-corrected chi connectivity index (χ4v) is 4.57. The van der Waals surface area contributed by atoms with Crippen molar-refractivity contribution in [2.45, 2.75) is 38.5 Å². The van der Waals surface area contributed by atoms with Crippen LogP contribution >= 0.6 is 0 Å². The summed E-state index contributed by atoms with van der Waals surface area (Å²) >= 11 is 0. The van der Waals surface area contributed by atoms with Crippen LogP contribution < -0.4 is 4.90 Å². The van der Waals surface area contributed by atoms with E-state index in [1.54, 1.807) is 17.0 Å². The molecule has 0 spiro atoms. The van der Waals surface area contributed by atoms with Crippen LogP contribution in [-0.2, 0) is 19.3 Å². The van der Waals surface area contributed by atoms with Gasteiger partial charge >= 0.3 is 0 Å². The van der Waals surface area contributed by atoms with Crippen molar-refractivity contribution in [1.29, 1.82) is 0 Å². The van der Waals surface area contributed by atoms with E-state index in [4.69, 9.17) is 5.10 Å². The largest absolute Gasteiger partial charge is 0.306 e. The Kier molecular flexibility index (Phi) is 4.58. The zero-order chi connectivity index (χ0) is 20.7. The number of amides is 1. The van der Waals surface area contributed by atoms with Crippen LogP contribution in [0.15, 0.2) is 48.5 Å². The lowest BCUT2D eigenvalue weighted by molar-refractivity contribution is -0.384. The molecule has 5 rings (SSSR count). The van der Waals surface area contributed by atoms with Crippen LogP contribution in [0.25, 0.3) is 5.69 Å². The molecule has 0 unspecified atom stereocenters. The third kappa shape index (κ3) is 3.07. The lowest BCUT2D eigenvalue weighted by Gasteiger charge is -2.16. The molecular formula is C23H22N4O3. The van der Waals surface area contributed by atoms with Gasteiger partial charge in [-0.15, -0.1) is 0 Å². The minimum absolute atomic E-state index is 0.0604. The SMILES string of the molecule is O=C(c1nn(-c2ccccc2)c2c1CCCCC2)N1CCc2cc([N+](=O)[O-])ccc21. The number of hydrogen-bond acceptors (Lipinski definition) is 4. The Hall–Kier alpha value is -3.48. The van der Waals surface area contributed by atoms with Crippen molar-refractivity contribution in [2.24, 2.45) is 0 Å². The molecule has 0 saturated carbocycles. The molecule has 1 aliphatic carbocycles. The van der Waals surface area contributed by atoms with Crippen molar-refractivity contribution >= 4 is 17.3 Å². The van der Waals surface area contributed by atoms with Crippen molar-refractivity contribution < 1.29 is 9.72 Å². The van der Waals surface area contributed by atoms with Gasteiger partial charge in [-0.2, -0.15) is 5.10 Å². The summed E-state index contributed by atoms with van der Waals surface area (Å²) < 4.78 is 1.93. The maximum Gasteiger partial charge on any atom is 0.279 e. The van der Waals surface area contributed by atoms with Crippen LogP contribution in [0.4, 0.5) is 11.4 Å². The Morgan fingerprint density at radius 1 is 1.00 bits per heavy atom. The Morgan fingerprint density at radius 2 is 1.80 bits per heavy atom. The number of non-ortho nitro benzene ring substituents is 1. The maximum absolute atomic E-state index is 13.6. The average Bonchev–Trinajstić information content (AvgIpc) is 3.27. The fourth-order valence-electron chi connectivity index (χ4n) is 4.57. The summed E-state index contributed by atoms with van der Waals surface area (Å²) in [6.45, 7) is 0.516.